The number of alkyl carbamates (subject to hydrolysis) is 1. The van der Waals surface area contributed by atoms with Crippen molar-refractivity contribution < 1.29 is 14.0 Å². The van der Waals surface area contributed by atoms with Gasteiger partial charge in [0, 0.05) is 12.0 Å². The molecule has 2 aromatic carbocycles. The topological polar surface area (TPSA) is 47.6 Å². The van der Waals surface area contributed by atoms with Crippen LogP contribution in [0.5, 0.6) is 0 Å². The third-order valence-corrected chi connectivity index (χ3v) is 10.6. The maximum absolute atomic E-state index is 12.4. The lowest BCUT2D eigenvalue weighted by molar-refractivity contribution is 0.0960. The van der Waals surface area contributed by atoms with Gasteiger partial charge in [-0.2, -0.15) is 0 Å². The van der Waals surface area contributed by atoms with E-state index in [1.165, 1.54) is 0 Å². The molecule has 4 nitrogen and oxygen atoms in total. The highest BCUT2D eigenvalue weighted by molar-refractivity contribution is 6.74. The summed E-state index contributed by atoms with van der Waals surface area (Å²) in [5.41, 5.74) is 2.11. The van der Waals surface area contributed by atoms with Crippen LogP contribution in [0, 0.1) is 5.92 Å². The fourth-order valence-electron chi connectivity index (χ4n) is 2.96. The molecule has 164 valence electrons. The van der Waals surface area contributed by atoms with E-state index in [2.05, 4.69) is 58.2 Å². The fourth-order valence-corrected chi connectivity index (χ4v) is 4.30. The number of hydrogen-bond donors (Lipinski definition) is 1. The van der Waals surface area contributed by atoms with Gasteiger partial charge in [-0.15, -0.1) is 0 Å². The Balaban J connectivity index is 2.08. The summed E-state index contributed by atoms with van der Waals surface area (Å²) in [6.07, 6.45) is -0.506. The molecule has 0 aliphatic rings. The van der Waals surface area contributed by atoms with Gasteiger partial charge in [-0.25, -0.2) is 4.79 Å². The first-order valence-corrected chi connectivity index (χ1v) is 13.6. The fraction of sp³-hybridized carbons (Fsp3) is 0.480. The summed E-state index contributed by atoms with van der Waals surface area (Å²) in [6, 6.07) is 19.9. The van der Waals surface area contributed by atoms with Crippen LogP contribution < -0.4 is 5.32 Å². The van der Waals surface area contributed by atoms with Crippen molar-refractivity contribution in [3.05, 3.63) is 71.8 Å². The quantitative estimate of drug-likeness (QED) is 0.477. The first-order chi connectivity index (χ1) is 14.0. The van der Waals surface area contributed by atoms with Gasteiger partial charge >= 0.3 is 6.09 Å². The molecular weight excluding hydrogens is 390 g/mol. The van der Waals surface area contributed by atoms with Crippen molar-refractivity contribution in [2.75, 3.05) is 0 Å². The third kappa shape index (κ3) is 6.71. The molecule has 30 heavy (non-hydrogen) atoms. The zero-order valence-electron chi connectivity index (χ0n) is 19.4. The Morgan fingerprint density at radius 2 is 1.50 bits per heavy atom. The third-order valence-electron chi connectivity index (χ3n) is 6.18. The van der Waals surface area contributed by atoms with Crippen LogP contribution in [0.25, 0.3) is 0 Å². The Morgan fingerprint density at radius 3 is 2.03 bits per heavy atom. The molecule has 2 aromatic rings. The van der Waals surface area contributed by atoms with E-state index in [9.17, 15) is 4.79 Å². The molecule has 0 aliphatic carbocycles. The average molecular weight is 428 g/mol. The molecule has 0 aliphatic heterocycles. The number of nitrogens with one attached hydrogen (secondary N) is 1. The summed E-state index contributed by atoms with van der Waals surface area (Å²) < 4.78 is 12.2. The molecule has 0 saturated heterocycles. The molecule has 5 heteroatoms. The highest BCUT2D eigenvalue weighted by Crippen LogP contribution is 2.42. The second-order valence-corrected chi connectivity index (χ2v) is 14.3. The Bertz CT molecular complexity index is 787. The predicted molar refractivity (Wildman–Crippen MR) is 126 cm³/mol. The number of rotatable bonds is 8. The summed E-state index contributed by atoms with van der Waals surface area (Å²) >= 11 is 0. The largest absolute Gasteiger partial charge is 0.445 e. The average Bonchev–Trinajstić information content (AvgIpc) is 2.70. The standard InChI is InChI=1S/C25H37NO3Si/c1-19(20(2)26-24(27)28-18-21-14-10-8-11-15-21)23(22-16-12-9-13-17-22)29-30(6,7)25(3,4)5/h8-17,19-20,23H,18H2,1-7H3,(H,26,27)/t19-,20+,23+/m0/s1. The van der Waals surface area contributed by atoms with E-state index in [1.54, 1.807) is 0 Å². The van der Waals surface area contributed by atoms with Crippen LogP contribution in [0.1, 0.15) is 51.8 Å². The van der Waals surface area contributed by atoms with Crippen LogP contribution >= 0.6 is 0 Å². The maximum atomic E-state index is 12.4. The lowest BCUT2D eigenvalue weighted by Crippen LogP contribution is -2.46. The molecule has 3 atom stereocenters. The molecule has 1 N–H and O–H groups in total. The molecule has 2 rings (SSSR count). The Morgan fingerprint density at radius 1 is 0.967 bits per heavy atom. The van der Waals surface area contributed by atoms with Gasteiger partial charge in [0.25, 0.3) is 0 Å². The lowest BCUT2D eigenvalue weighted by atomic mass is 9.92. The molecule has 0 saturated carbocycles. The van der Waals surface area contributed by atoms with E-state index in [0.717, 1.165) is 11.1 Å². The van der Waals surface area contributed by atoms with Gasteiger partial charge in [0.2, 0.25) is 0 Å². The van der Waals surface area contributed by atoms with Gasteiger partial charge in [0.1, 0.15) is 6.61 Å². The number of benzene rings is 2. The van der Waals surface area contributed by atoms with E-state index in [4.69, 9.17) is 9.16 Å². The smallest absolute Gasteiger partial charge is 0.407 e. The first kappa shape index (κ1) is 24.2. The molecule has 1 amide bonds. The minimum atomic E-state index is -2.00. The van der Waals surface area contributed by atoms with Crippen LogP contribution in [-0.4, -0.2) is 20.5 Å². The molecule has 0 fully saturated rings. The number of hydrogen-bond acceptors (Lipinski definition) is 3. The summed E-state index contributed by atoms with van der Waals surface area (Å²) in [5, 5.41) is 3.10. The highest BCUT2D eigenvalue weighted by atomic mass is 28.4. The molecular formula is C25H37NO3Si. The second-order valence-electron chi connectivity index (χ2n) is 9.56. The summed E-state index contributed by atoms with van der Waals surface area (Å²) in [4.78, 5) is 12.4. The van der Waals surface area contributed by atoms with Crippen molar-refractivity contribution >= 4 is 14.4 Å². The molecule has 0 unspecified atom stereocenters. The summed E-state index contributed by atoms with van der Waals surface area (Å²) in [5.74, 6) is 0.0748. The molecule has 0 bridgehead atoms. The number of amides is 1. The van der Waals surface area contributed by atoms with E-state index in [1.807, 2.05) is 55.5 Å². The van der Waals surface area contributed by atoms with Crippen molar-refractivity contribution in [3.8, 4) is 0 Å². The highest BCUT2D eigenvalue weighted by Gasteiger charge is 2.41. The zero-order valence-corrected chi connectivity index (χ0v) is 20.4. The lowest BCUT2D eigenvalue weighted by Gasteiger charge is -2.42. The van der Waals surface area contributed by atoms with E-state index < -0.39 is 14.4 Å². The normalized spacial score (nSPS) is 15.2. The first-order valence-electron chi connectivity index (χ1n) is 10.7. The number of ether oxygens (including phenoxy) is 1. The van der Waals surface area contributed by atoms with Crippen molar-refractivity contribution in [3.63, 3.8) is 0 Å². The Hall–Kier alpha value is -2.11. The van der Waals surface area contributed by atoms with Gasteiger partial charge in [0.05, 0.1) is 6.10 Å². The van der Waals surface area contributed by atoms with Crippen LogP contribution in [0.4, 0.5) is 4.79 Å². The van der Waals surface area contributed by atoms with Crippen LogP contribution in [0.15, 0.2) is 60.7 Å². The monoisotopic (exact) mass is 427 g/mol. The van der Waals surface area contributed by atoms with Crippen molar-refractivity contribution in [2.24, 2.45) is 5.92 Å². The van der Waals surface area contributed by atoms with Gasteiger partial charge < -0.3 is 14.5 Å². The molecule has 0 radical (unpaired) electrons. The van der Waals surface area contributed by atoms with Crippen molar-refractivity contribution in [1.29, 1.82) is 0 Å². The molecule has 0 aromatic heterocycles. The van der Waals surface area contributed by atoms with E-state index in [0.29, 0.717) is 0 Å². The SMILES string of the molecule is C[C@@H]([C@@H](C)NC(=O)OCc1ccccc1)[C@@H](O[Si](C)(C)C(C)(C)C)c1ccccc1. The van der Waals surface area contributed by atoms with E-state index >= 15 is 0 Å². The van der Waals surface area contributed by atoms with Crippen molar-refractivity contribution in [1.82, 2.24) is 5.32 Å². The van der Waals surface area contributed by atoms with Gasteiger partial charge in [0.15, 0.2) is 8.32 Å². The second kappa shape index (κ2) is 10.3. The predicted octanol–water partition coefficient (Wildman–Crippen LogP) is 6.70. The van der Waals surface area contributed by atoms with Gasteiger partial charge in [-0.3, -0.25) is 0 Å². The Kier molecular flexibility index (Phi) is 8.27. The minimum absolute atomic E-state index is 0.0748. The van der Waals surface area contributed by atoms with Gasteiger partial charge in [-0.05, 0) is 36.2 Å². The number of carbonyl (C=O) groups is 1. The minimum Gasteiger partial charge on any atom is -0.445 e. The van der Waals surface area contributed by atoms with Gasteiger partial charge in [-0.1, -0.05) is 88.4 Å². The summed E-state index contributed by atoms with van der Waals surface area (Å²) in [7, 11) is -2.00. The Labute approximate surface area is 183 Å². The molecule has 0 spiro atoms. The van der Waals surface area contributed by atoms with Crippen molar-refractivity contribution in [2.45, 2.75) is 71.5 Å². The zero-order chi connectivity index (χ0) is 22.4. The maximum Gasteiger partial charge on any atom is 0.407 e. The van der Waals surface area contributed by atoms with Crippen LogP contribution in [0.2, 0.25) is 18.1 Å². The van der Waals surface area contributed by atoms with E-state index in [-0.39, 0.29) is 29.7 Å². The summed E-state index contributed by atoms with van der Waals surface area (Å²) in [6.45, 7) is 15.7. The number of carbonyl (C=O) groups excluding carboxylic acids is 1. The van der Waals surface area contributed by atoms with Crippen LogP contribution in [-0.2, 0) is 15.8 Å². The van der Waals surface area contributed by atoms with Crippen LogP contribution in [0.3, 0.4) is 0 Å². The molecule has 0 heterocycles.